The molecule has 2 aromatic heterocycles. The van der Waals surface area contributed by atoms with Gasteiger partial charge in [-0.2, -0.15) is 0 Å². The van der Waals surface area contributed by atoms with Gasteiger partial charge in [-0.1, -0.05) is 6.92 Å². The van der Waals surface area contributed by atoms with Crippen molar-refractivity contribution in [3.8, 4) is 0 Å². The Labute approximate surface area is 70.5 Å². The van der Waals surface area contributed by atoms with Gasteiger partial charge in [0.15, 0.2) is 5.65 Å². The number of fused-ring (bicyclic) bond motifs is 1. The second-order valence-electron chi connectivity index (χ2n) is 2.59. The standard InChI is InChI=1S/C9H9N3/c1-2-8-4-3-7-5-10-6-11-9(7)12-8/h3-6H,2H2,1H3. The molecule has 0 aliphatic rings. The highest BCUT2D eigenvalue weighted by molar-refractivity contribution is 5.72. The Kier molecular flexibility index (Phi) is 1.70. The second kappa shape index (κ2) is 2.85. The zero-order valence-electron chi connectivity index (χ0n) is 6.86. The van der Waals surface area contributed by atoms with Crippen LogP contribution >= 0.6 is 0 Å². The maximum absolute atomic E-state index is 4.34. The van der Waals surface area contributed by atoms with E-state index in [-0.39, 0.29) is 0 Å². The van der Waals surface area contributed by atoms with Crippen molar-refractivity contribution in [1.29, 1.82) is 0 Å². The van der Waals surface area contributed by atoms with Gasteiger partial charge in [-0.05, 0) is 18.6 Å². The molecule has 0 radical (unpaired) electrons. The molecule has 0 spiro atoms. The Morgan fingerprint density at radius 3 is 3.08 bits per heavy atom. The predicted molar refractivity (Wildman–Crippen MR) is 46.7 cm³/mol. The molecule has 0 N–H and O–H groups in total. The van der Waals surface area contributed by atoms with Gasteiger partial charge >= 0.3 is 0 Å². The summed E-state index contributed by atoms with van der Waals surface area (Å²) in [6, 6.07) is 4.01. The zero-order chi connectivity index (χ0) is 8.39. The van der Waals surface area contributed by atoms with Gasteiger partial charge in [0.1, 0.15) is 6.33 Å². The quantitative estimate of drug-likeness (QED) is 0.634. The van der Waals surface area contributed by atoms with Crippen molar-refractivity contribution in [2.24, 2.45) is 0 Å². The van der Waals surface area contributed by atoms with Crippen LogP contribution in [0.4, 0.5) is 0 Å². The first-order chi connectivity index (χ1) is 5.90. The van der Waals surface area contributed by atoms with Crippen LogP contribution < -0.4 is 0 Å². The Hall–Kier alpha value is -1.51. The van der Waals surface area contributed by atoms with E-state index < -0.39 is 0 Å². The van der Waals surface area contributed by atoms with E-state index in [2.05, 4.69) is 21.9 Å². The molecule has 0 saturated heterocycles. The molecule has 3 nitrogen and oxygen atoms in total. The second-order valence-corrected chi connectivity index (χ2v) is 2.59. The van der Waals surface area contributed by atoms with E-state index in [0.29, 0.717) is 0 Å². The van der Waals surface area contributed by atoms with E-state index in [1.807, 2.05) is 12.1 Å². The molecule has 2 heterocycles. The molecule has 0 aromatic carbocycles. The van der Waals surface area contributed by atoms with Crippen LogP contribution in [0.15, 0.2) is 24.7 Å². The molecule has 0 unspecified atom stereocenters. The number of aromatic nitrogens is 3. The Balaban J connectivity index is 2.67. The molecule has 12 heavy (non-hydrogen) atoms. The number of hydrogen-bond acceptors (Lipinski definition) is 3. The minimum atomic E-state index is 0.782. The summed E-state index contributed by atoms with van der Waals surface area (Å²) in [6.45, 7) is 2.08. The molecule has 2 rings (SSSR count). The number of rotatable bonds is 1. The van der Waals surface area contributed by atoms with Crippen LogP contribution in [0.2, 0.25) is 0 Å². The SMILES string of the molecule is CCc1ccc2cncnc2n1. The van der Waals surface area contributed by atoms with E-state index >= 15 is 0 Å². The number of aryl methyl sites for hydroxylation is 1. The fourth-order valence-electron chi connectivity index (χ4n) is 1.10. The highest BCUT2D eigenvalue weighted by atomic mass is 14.9. The van der Waals surface area contributed by atoms with Gasteiger partial charge in [0.05, 0.1) is 0 Å². The van der Waals surface area contributed by atoms with Gasteiger partial charge in [0, 0.05) is 17.3 Å². The lowest BCUT2D eigenvalue weighted by Crippen LogP contribution is -1.90. The molecule has 60 valence electrons. The maximum Gasteiger partial charge on any atom is 0.162 e. The van der Waals surface area contributed by atoms with Crippen molar-refractivity contribution in [1.82, 2.24) is 15.0 Å². The van der Waals surface area contributed by atoms with Crippen LogP contribution in [0.1, 0.15) is 12.6 Å². The largest absolute Gasteiger partial charge is 0.244 e. The molecule has 3 heteroatoms. The van der Waals surface area contributed by atoms with Gasteiger partial charge in [-0.15, -0.1) is 0 Å². The average Bonchev–Trinajstić information content (AvgIpc) is 2.17. The maximum atomic E-state index is 4.34. The summed E-state index contributed by atoms with van der Waals surface area (Å²) in [6.07, 6.45) is 4.24. The summed E-state index contributed by atoms with van der Waals surface area (Å²) >= 11 is 0. The van der Waals surface area contributed by atoms with Crippen molar-refractivity contribution in [3.63, 3.8) is 0 Å². The predicted octanol–water partition coefficient (Wildman–Crippen LogP) is 1.59. The first-order valence-corrected chi connectivity index (χ1v) is 3.96. The molecule has 0 amide bonds. The third-order valence-corrected chi connectivity index (χ3v) is 1.79. The Morgan fingerprint density at radius 1 is 1.33 bits per heavy atom. The summed E-state index contributed by atoms with van der Waals surface area (Å²) in [7, 11) is 0. The summed E-state index contributed by atoms with van der Waals surface area (Å²) in [5, 5.41) is 0.995. The monoisotopic (exact) mass is 159 g/mol. The molecular formula is C9H9N3. The molecule has 2 aromatic rings. The van der Waals surface area contributed by atoms with Crippen LogP contribution in [0, 0.1) is 0 Å². The number of nitrogens with zero attached hydrogens (tertiary/aromatic N) is 3. The fraction of sp³-hybridized carbons (Fsp3) is 0.222. The van der Waals surface area contributed by atoms with Gasteiger partial charge in [-0.25, -0.2) is 15.0 Å². The Bertz CT molecular complexity index is 398. The molecule has 0 aliphatic carbocycles. The van der Waals surface area contributed by atoms with E-state index in [1.165, 1.54) is 6.33 Å². The number of hydrogen-bond donors (Lipinski definition) is 0. The highest BCUT2D eigenvalue weighted by Crippen LogP contribution is 2.07. The first-order valence-electron chi connectivity index (χ1n) is 3.96. The summed E-state index contributed by atoms with van der Waals surface area (Å²) in [5.41, 5.74) is 1.85. The minimum absolute atomic E-state index is 0.782. The van der Waals surface area contributed by atoms with Gasteiger partial charge < -0.3 is 0 Å². The lowest BCUT2D eigenvalue weighted by molar-refractivity contribution is 1.04. The fourth-order valence-corrected chi connectivity index (χ4v) is 1.10. The minimum Gasteiger partial charge on any atom is -0.244 e. The van der Waals surface area contributed by atoms with Gasteiger partial charge in [0.25, 0.3) is 0 Å². The topological polar surface area (TPSA) is 38.7 Å². The van der Waals surface area contributed by atoms with Crippen LogP contribution in [-0.2, 0) is 6.42 Å². The van der Waals surface area contributed by atoms with Crippen molar-refractivity contribution in [2.45, 2.75) is 13.3 Å². The van der Waals surface area contributed by atoms with Crippen molar-refractivity contribution in [2.75, 3.05) is 0 Å². The van der Waals surface area contributed by atoms with E-state index in [0.717, 1.165) is 23.1 Å². The summed E-state index contributed by atoms with van der Waals surface area (Å²) in [4.78, 5) is 12.3. The molecule has 0 bridgehead atoms. The average molecular weight is 159 g/mol. The first kappa shape index (κ1) is 7.16. The van der Waals surface area contributed by atoms with Crippen LogP contribution in [0.5, 0.6) is 0 Å². The zero-order valence-corrected chi connectivity index (χ0v) is 6.86. The molecule has 0 aliphatic heterocycles. The van der Waals surface area contributed by atoms with Crippen molar-refractivity contribution in [3.05, 3.63) is 30.4 Å². The van der Waals surface area contributed by atoms with Gasteiger partial charge in [0.2, 0.25) is 0 Å². The van der Waals surface area contributed by atoms with Gasteiger partial charge in [-0.3, -0.25) is 0 Å². The van der Waals surface area contributed by atoms with Crippen LogP contribution in [0.3, 0.4) is 0 Å². The van der Waals surface area contributed by atoms with E-state index in [1.54, 1.807) is 6.20 Å². The van der Waals surface area contributed by atoms with Crippen molar-refractivity contribution < 1.29 is 0 Å². The van der Waals surface area contributed by atoms with E-state index in [4.69, 9.17) is 0 Å². The lowest BCUT2D eigenvalue weighted by atomic mass is 10.2. The van der Waals surface area contributed by atoms with Crippen molar-refractivity contribution >= 4 is 11.0 Å². The van der Waals surface area contributed by atoms with E-state index in [9.17, 15) is 0 Å². The highest BCUT2D eigenvalue weighted by Gasteiger charge is 1.95. The molecule has 0 fully saturated rings. The third-order valence-electron chi connectivity index (χ3n) is 1.79. The molecule has 0 saturated carbocycles. The van der Waals surface area contributed by atoms with Crippen LogP contribution in [-0.4, -0.2) is 15.0 Å². The normalized spacial score (nSPS) is 10.4. The summed E-state index contributed by atoms with van der Waals surface area (Å²) < 4.78 is 0. The smallest absolute Gasteiger partial charge is 0.162 e. The van der Waals surface area contributed by atoms with Crippen LogP contribution in [0.25, 0.3) is 11.0 Å². The number of pyridine rings is 1. The Morgan fingerprint density at radius 2 is 2.25 bits per heavy atom. The molecular weight excluding hydrogens is 150 g/mol. The summed E-state index contributed by atoms with van der Waals surface area (Å²) in [5.74, 6) is 0. The molecule has 0 atom stereocenters. The lowest BCUT2D eigenvalue weighted by Gasteiger charge is -1.97. The third kappa shape index (κ3) is 1.13.